The molecule has 0 amide bonds. The predicted molar refractivity (Wildman–Crippen MR) is 119 cm³/mol. The zero-order chi connectivity index (χ0) is 20.2. The maximum atomic E-state index is 13.8. The van der Waals surface area contributed by atoms with E-state index >= 15 is 0 Å². The number of halogens is 3. The molecular weight excluding hydrogens is 475 g/mol. The van der Waals surface area contributed by atoms with Gasteiger partial charge in [0, 0.05) is 41.4 Å². The van der Waals surface area contributed by atoms with E-state index in [1.54, 1.807) is 12.3 Å². The largest absolute Gasteiger partial charge is 0.337 e. The Morgan fingerprint density at radius 3 is 2.69 bits per heavy atom. The number of imidazole rings is 1. The van der Waals surface area contributed by atoms with Crippen molar-refractivity contribution in [2.45, 2.75) is 19.5 Å². The molecule has 0 bridgehead atoms. The van der Waals surface area contributed by atoms with Gasteiger partial charge < -0.3 is 9.13 Å². The lowest BCUT2D eigenvalue weighted by Crippen LogP contribution is -2.17. The van der Waals surface area contributed by atoms with Gasteiger partial charge in [0.15, 0.2) is 4.80 Å². The highest BCUT2D eigenvalue weighted by atomic mass is 79.9. The van der Waals surface area contributed by atoms with E-state index < -0.39 is 5.82 Å². The highest BCUT2D eigenvalue weighted by molar-refractivity contribution is 9.10. The molecule has 2 aromatic carbocycles. The van der Waals surface area contributed by atoms with Crippen molar-refractivity contribution in [2.24, 2.45) is 4.99 Å². The van der Waals surface area contributed by atoms with Crippen molar-refractivity contribution >= 4 is 44.6 Å². The van der Waals surface area contributed by atoms with Crippen LogP contribution in [0, 0.1) is 5.82 Å². The zero-order valence-corrected chi connectivity index (χ0v) is 18.5. The zero-order valence-electron chi connectivity index (χ0n) is 15.3. The second kappa shape index (κ2) is 9.07. The number of benzene rings is 2. The molecule has 148 valence electrons. The Kier molecular flexibility index (Phi) is 6.28. The molecule has 29 heavy (non-hydrogen) atoms. The fourth-order valence-electron chi connectivity index (χ4n) is 2.98. The first-order valence-corrected chi connectivity index (χ1v) is 11.0. The molecule has 0 unspecified atom stereocenters. The minimum atomic E-state index is -0.468. The number of rotatable bonds is 6. The molecule has 0 radical (unpaired) electrons. The third-order valence-corrected chi connectivity index (χ3v) is 6.12. The number of nitrogens with zero attached hydrogens (tertiary/aromatic N) is 4. The molecule has 4 rings (SSSR count). The van der Waals surface area contributed by atoms with E-state index in [4.69, 9.17) is 11.6 Å². The first-order valence-electron chi connectivity index (χ1n) is 9.00. The molecule has 8 heteroatoms. The first-order chi connectivity index (χ1) is 14.1. The maximum absolute atomic E-state index is 13.8. The van der Waals surface area contributed by atoms with Crippen molar-refractivity contribution in [2.75, 3.05) is 0 Å². The molecule has 0 aliphatic carbocycles. The van der Waals surface area contributed by atoms with E-state index in [-0.39, 0.29) is 5.02 Å². The van der Waals surface area contributed by atoms with E-state index in [0.29, 0.717) is 5.69 Å². The number of hydrogen-bond acceptors (Lipinski definition) is 3. The molecule has 2 heterocycles. The molecule has 4 aromatic rings. The summed E-state index contributed by atoms with van der Waals surface area (Å²) in [5, 5.41) is 2.19. The minimum Gasteiger partial charge on any atom is -0.337 e. The van der Waals surface area contributed by atoms with Gasteiger partial charge in [-0.1, -0.05) is 39.7 Å². The normalized spacial score (nSPS) is 11.9. The smallest absolute Gasteiger partial charge is 0.190 e. The third-order valence-electron chi connectivity index (χ3n) is 4.42. The Morgan fingerprint density at radius 2 is 1.97 bits per heavy atom. The van der Waals surface area contributed by atoms with Crippen molar-refractivity contribution in [3.8, 4) is 11.3 Å². The summed E-state index contributed by atoms with van der Waals surface area (Å²) in [4.78, 5) is 9.58. The summed E-state index contributed by atoms with van der Waals surface area (Å²) < 4.78 is 19.1. The molecule has 0 aliphatic rings. The average Bonchev–Trinajstić information content (AvgIpc) is 3.36. The fourth-order valence-corrected chi connectivity index (χ4v) is 4.32. The summed E-state index contributed by atoms with van der Waals surface area (Å²) in [5.41, 5.74) is 2.73. The summed E-state index contributed by atoms with van der Waals surface area (Å²) >= 11 is 10.8. The fraction of sp³-hybridized carbons (Fsp3) is 0.143. The molecule has 0 aliphatic heterocycles. The van der Waals surface area contributed by atoms with Gasteiger partial charge in [-0.2, -0.15) is 0 Å². The van der Waals surface area contributed by atoms with Crippen LogP contribution in [0.15, 0.2) is 76.0 Å². The van der Waals surface area contributed by atoms with Crippen LogP contribution in [0.4, 0.5) is 10.1 Å². The van der Waals surface area contributed by atoms with Gasteiger partial charge in [0.25, 0.3) is 0 Å². The Hall–Kier alpha value is -2.22. The molecule has 4 nitrogen and oxygen atoms in total. The molecule has 0 fully saturated rings. The Balaban J connectivity index is 1.70. The Morgan fingerprint density at radius 1 is 1.14 bits per heavy atom. The summed E-state index contributed by atoms with van der Waals surface area (Å²) in [6.45, 7) is 1.64. The highest BCUT2D eigenvalue weighted by Crippen LogP contribution is 2.24. The SMILES string of the molecule is Fc1cc(N=c2scc(-c3ccc(Br)cc3)n2CCCn2ccnc2)ccc1Cl. The van der Waals surface area contributed by atoms with E-state index in [1.807, 2.05) is 24.7 Å². The summed E-state index contributed by atoms with van der Waals surface area (Å²) in [6.07, 6.45) is 6.46. The van der Waals surface area contributed by atoms with Crippen LogP contribution in [0.1, 0.15) is 6.42 Å². The maximum Gasteiger partial charge on any atom is 0.190 e. The topological polar surface area (TPSA) is 35.1 Å². The molecule has 0 N–H and O–H groups in total. The van der Waals surface area contributed by atoms with Crippen LogP contribution in [0.3, 0.4) is 0 Å². The minimum absolute atomic E-state index is 0.0962. The van der Waals surface area contributed by atoms with Crippen molar-refractivity contribution in [3.63, 3.8) is 0 Å². The first kappa shape index (κ1) is 20.1. The average molecular weight is 492 g/mol. The number of hydrogen-bond donors (Lipinski definition) is 0. The van der Waals surface area contributed by atoms with Crippen LogP contribution in [-0.4, -0.2) is 14.1 Å². The molecular formula is C21H17BrClFN4S. The monoisotopic (exact) mass is 490 g/mol. The van der Waals surface area contributed by atoms with Crippen molar-refractivity contribution in [1.29, 1.82) is 0 Å². The quantitative estimate of drug-likeness (QED) is 0.312. The van der Waals surface area contributed by atoms with Crippen LogP contribution in [-0.2, 0) is 13.1 Å². The standard InChI is InChI=1S/C21H17BrClFN4S/c22-16-4-2-15(3-5-16)20-13-29-21(26-17-6-7-18(23)19(24)12-17)28(20)10-1-9-27-11-8-25-14-27/h2-8,11-14H,1,9-10H2. The van der Waals surface area contributed by atoms with Gasteiger partial charge in [0.05, 0.1) is 22.7 Å². The van der Waals surface area contributed by atoms with Gasteiger partial charge in [-0.15, -0.1) is 11.3 Å². The van der Waals surface area contributed by atoms with Crippen molar-refractivity contribution in [3.05, 3.63) is 86.7 Å². The Labute approximate surface area is 185 Å². The second-order valence-corrected chi connectivity index (χ2v) is 8.59. The van der Waals surface area contributed by atoms with Gasteiger partial charge in [-0.25, -0.2) is 14.4 Å². The van der Waals surface area contributed by atoms with Crippen LogP contribution < -0.4 is 4.80 Å². The highest BCUT2D eigenvalue weighted by Gasteiger charge is 2.09. The van der Waals surface area contributed by atoms with Gasteiger partial charge >= 0.3 is 0 Å². The summed E-state index contributed by atoms with van der Waals surface area (Å²) in [7, 11) is 0. The van der Waals surface area contributed by atoms with E-state index in [9.17, 15) is 4.39 Å². The van der Waals surface area contributed by atoms with Gasteiger partial charge in [-0.3, -0.25) is 0 Å². The predicted octanol–water partition coefficient (Wildman–Crippen LogP) is 6.29. The molecule has 0 saturated heterocycles. The van der Waals surface area contributed by atoms with Gasteiger partial charge in [0.1, 0.15) is 5.82 Å². The van der Waals surface area contributed by atoms with Crippen LogP contribution >= 0.6 is 38.9 Å². The third kappa shape index (κ3) is 4.86. The second-order valence-electron chi connectivity index (χ2n) is 6.43. The summed E-state index contributed by atoms with van der Waals surface area (Å²) in [5.74, 6) is -0.468. The van der Waals surface area contributed by atoms with Crippen LogP contribution in [0.25, 0.3) is 11.3 Å². The van der Waals surface area contributed by atoms with Crippen molar-refractivity contribution < 1.29 is 4.39 Å². The molecule has 2 aromatic heterocycles. The lowest BCUT2D eigenvalue weighted by Gasteiger charge is -2.10. The van der Waals surface area contributed by atoms with Crippen LogP contribution in [0.5, 0.6) is 0 Å². The van der Waals surface area contributed by atoms with E-state index in [0.717, 1.165) is 40.0 Å². The molecule has 0 atom stereocenters. The summed E-state index contributed by atoms with van der Waals surface area (Å²) in [6, 6.07) is 12.8. The van der Waals surface area contributed by atoms with Crippen molar-refractivity contribution in [1.82, 2.24) is 14.1 Å². The van der Waals surface area contributed by atoms with Crippen LogP contribution in [0.2, 0.25) is 5.02 Å². The number of thiazole rings is 1. The van der Waals surface area contributed by atoms with Gasteiger partial charge in [0.2, 0.25) is 0 Å². The Bertz CT molecular complexity index is 1170. The van der Waals surface area contributed by atoms with E-state index in [2.05, 4.69) is 52.6 Å². The van der Waals surface area contributed by atoms with E-state index in [1.165, 1.54) is 23.5 Å². The lowest BCUT2D eigenvalue weighted by atomic mass is 10.2. The molecule has 0 spiro atoms. The number of aromatic nitrogens is 3. The molecule has 0 saturated carbocycles. The van der Waals surface area contributed by atoms with Gasteiger partial charge in [-0.05, 0) is 36.2 Å². The lowest BCUT2D eigenvalue weighted by molar-refractivity contribution is 0.559. The number of aryl methyl sites for hydroxylation is 1.